The second-order valence-electron chi connectivity index (χ2n) is 7.91. The fourth-order valence-electron chi connectivity index (χ4n) is 4.42. The molecule has 30 heavy (non-hydrogen) atoms. The molecule has 0 spiro atoms. The molecule has 1 fully saturated rings. The number of carbonyl (C=O) groups is 1. The SMILES string of the molecule is CC1Cc2ccccc2N1c1nccc(C(=O)N2CCN(c3ccccc3)CC2)n1. The third-order valence-electron chi connectivity index (χ3n) is 5.97. The Hall–Kier alpha value is -3.41. The molecule has 1 aromatic heterocycles. The molecule has 2 aliphatic rings. The molecule has 0 N–H and O–H groups in total. The van der Waals surface area contributed by atoms with Crippen molar-refractivity contribution in [2.45, 2.75) is 19.4 Å². The number of anilines is 3. The van der Waals surface area contributed by atoms with E-state index in [0.717, 1.165) is 25.2 Å². The predicted octanol–water partition coefficient (Wildman–Crippen LogP) is 3.52. The van der Waals surface area contributed by atoms with E-state index in [-0.39, 0.29) is 11.9 Å². The van der Waals surface area contributed by atoms with Crippen LogP contribution in [0.5, 0.6) is 0 Å². The Kier molecular flexibility index (Phi) is 4.83. The second kappa shape index (κ2) is 7.78. The first-order chi connectivity index (χ1) is 14.7. The normalized spacial score (nSPS) is 18.4. The molecule has 0 radical (unpaired) electrons. The van der Waals surface area contributed by atoms with Crippen molar-refractivity contribution >= 4 is 23.2 Å². The highest BCUT2D eigenvalue weighted by Gasteiger charge is 2.30. The molecule has 1 saturated heterocycles. The maximum atomic E-state index is 13.1. The molecular formula is C24H25N5O. The first-order valence-corrected chi connectivity index (χ1v) is 10.5. The summed E-state index contributed by atoms with van der Waals surface area (Å²) in [5.74, 6) is 0.577. The van der Waals surface area contributed by atoms with E-state index in [1.807, 2.05) is 29.2 Å². The van der Waals surface area contributed by atoms with Crippen molar-refractivity contribution in [3.63, 3.8) is 0 Å². The van der Waals surface area contributed by atoms with E-state index in [0.29, 0.717) is 24.7 Å². The Bertz CT molecular complexity index is 1050. The molecule has 6 heteroatoms. The van der Waals surface area contributed by atoms with Crippen LogP contribution in [0.1, 0.15) is 23.0 Å². The largest absolute Gasteiger partial charge is 0.368 e. The maximum absolute atomic E-state index is 13.1. The first kappa shape index (κ1) is 18.6. The molecule has 6 nitrogen and oxygen atoms in total. The van der Waals surface area contributed by atoms with Crippen molar-refractivity contribution < 1.29 is 4.79 Å². The molecule has 0 bridgehead atoms. The van der Waals surface area contributed by atoms with Crippen LogP contribution >= 0.6 is 0 Å². The summed E-state index contributed by atoms with van der Waals surface area (Å²) in [7, 11) is 0. The van der Waals surface area contributed by atoms with Crippen molar-refractivity contribution in [3.05, 3.63) is 78.1 Å². The minimum atomic E-state index is -0.0218. The van der Waals surface area contributed by atoms with E-state index in [9.17, 15) is 4.79 Å². The Labute approximate surface area is 176 Å². The average Bonchev–Trinajstić information content (AvgIpc) is 3.15. The number of amides is 1. The first-order valence-electron chi connectivity index (χ1n) is 10.5. The zero-order chi connectivity index (χ0) is 20.5. The zero-order valence-electron chi connectivity index (χ0n) is 17.1. The molecule has 0 aliphatic carbocycles. The van der Waals surface area contributed by atoms with Crippen LogP contribution in [0.3, 0.4) is 0 Å². The smallest absolute Gasteiger partial charge is 0.272 e. The molecule has 152 valence electrons. The number of fused-ring (bicyclic) bond motifs is 1. The van der Waals surface area contributed by atoms with Gasteiger partial charge in [0.2, 0.25) is 5.95 Å². The maximum Gasteiger partial charge on any atom is 0.272 e. The fraction of sp³-hybridized carbons (Fsp3) is 0.292. The highest BCUT2D eigenvalue weighted by atomic mass is 16.2. The van der Waals surface area contributed by atoms with Gasteiger partial charge in [0.15, 0.2) is 0 Å². The van der Waals surface area contributed by atoms with Gasteiger partial charge in [-0.05, 0) is 43.2 Å². The van der Waals surface area contributed by atoms with E-state index in [1.54, 1.807) is 12.3 Å². The van der Waals surface area contributed by atoms with Gasteiger partial charge in [-0.1, -0.05) is 36.4 Å². The number of piperazine rings is 1. The molecule has 5 rings (SSSR count). The summed E-state index contributed by atoms with van der Waals surface area (Å²) in [4.78, 5) is 28.6. The number of rotatable bonds is 3. The van der Waals surface area contributed by atoms with Crippen LogP contribution < -0.4 is 9.80 Å². The molecule has 1 atom stereocenters. The van der Waals surface area contributed by atoms with Gasteiger partial charge in [-0.15, -0.1) is 0 Å². The number of benzene rings is 2. The summed E-state index contributed by atoms with van der Waals surface area (Å²) in [6.07, 6.45) is 2.66. The highest BCUT2D eigenvalue weighted by Crippen LogP contribution is 2.36. The molecule has 1 amide bonds. The predicted molar refractivity (Wildman–Crippen MR) is 118 cm³/mol. The molecule has 2 aliphatic heterocycles. The summed E-state index contributed by atoms with van der Waals surface area (Å²) in [6, 6.07) is 20.7. The van der Waals surface area contributed by atoms with Crippen LogP contribution in [0.2, 0.25) is 0 Å². The van der Waals surface area contributed by atoms with E-state index >= 15 is 0 Å². The summed E-state index contributed by atoms with van der Waals surface area (Å²) >= 11 is 0. The van der Waals surface area contributed by atoms with Crippen molar-refractivity contribution in [2.75, 3.05) is 36.0 Å². The standard InChI is InChI=1S/C24H25N5O/c1-18-17-19-7-5-6-10-22(19)29(18)24-25-12-11-21(26-24)23(30)28-15-13-27(14-16-28)20-8-3-2-4-9-20/h2-12,18H,13-17H2,1H3. The minimum absolute atomic E-state index is 0.0218. The summed E-state index contributed by atoms with van der Waals surface area (Å²) in [5, 5.41) is 0. The molecular weight excluding hydrogens is 374 g/mol. The number of para-hydroxylation sites is 2. The Morgan fingerprint density at radius 3 is 2.47 bits per heavy atom. The van der Waals surface area contributed by atoms with Crippen LogP contribution in [0.4, 0.5) is 17.3 Å². The lowest BCUT2D eigenvalue weighted by Gasteiger charge is -2.36. The van der Waals surface area contributed by atoms with Crippen LogP contribution in [-0.4, -0.2) is 53.0 Å². The van der Waals surface area contributed by atoms with Crippen LogP contribution in [-0.2, 0) is 6.42 Å². The van der Waals surface area contributed by atoms with Crippen LogP contribution in [0.15, 0.2) is 66.9 Å². The molecule has 3 heterocycles. The van der Waals surface area contributed by atoms with E-state index < -0.39 is 0 Å². The molecule has 3 aromatic rings. The van der Waals surface area contributed by atoms with Gasteiger partial charge in [0.1, 0.15) is 5.69 Å². The van der Waals surface area contributed by atoms with Gasteiger partial charge in [0.25, 0.3) is 5.91 Å². The number of hydrogen-bond donors (Lipinski definition) is 0. The Morgan fingerprint density at radius 2 is 1.67 bits per heavy atom. The fourth-order valence-corrected chi connectivity index (χ4v) is 4.42. The third kappa shape index (κ3) is 3.38. The highest BCUT2D eigenvalue weighted by molar-refractivity contribution is 5.92. The van der Waals surface area contributed by atoms with Gasteiger partial charge in [-0.2, -0.15) is 0 Å². The third-order valence-corrected chi connectivity index (χ3v) is 5.97. The van der Waals surface area contributed by atoms with Gasteiger partial charge in [-0.3, -0.25) is 4.79 Å². The van der Waals surface area contributed by atoms with E-state index in [2.05, 4.69) is 57.0 Å². The number of nitrogens with zero attached hydrogens (tertiary/aromatic N) is 5. The van der Waals surface area contributed by atoms with Gasteiger partial charge in [0.05, 0.1) is 0 Å². The van der Waals surface area contributed by atoms with E-state index in [1.165, 1.54) is 11.3 Å². The van der Waals surface area contributed by atoms with Crippen LogP contribution in [0.25, 0.3) is 0 Å². The summed E-state index contributed by atoms with van der Waals surface area (Å²) in [5.41, 5.74) is 4.09. The van der Waals surface area contributed by atoms with Gasteiger partial charge >= 0.3 is 0 Å². The topological polar surface area (TPSA) is 52.6 Å². The van der Waals surface area contributed by atoms with Gasteiger partial charge in [-0.25, -0.2) is 9.97 Å². The zero-order valence-corrected chi connectivity index (χ0v) is 17.1. The quantitative estimate of drug-likeness (QED) is 0.675. The molecule has 0 saturated carbocycles. The number of carbonyl (C=O) groups excluding carboxylic acids is 1. The Balaban J connectivity index is 1.32. The van der Waals surface area contributed by atoms with Gasteiger partial charge < -0.3 is 14.7 Å². The summed E-state index contributed by atoms with van der Waals surface area (Å²) < 4.78 is 0. The average molecular weight is 399 g/mol. The second-order valence-corrected chi connectivity index (χ2v) is 7.91. The molecule has 1 unspecified atom stereocenters. The molecule has 2 aromatic carbocycles. The monoisotopic (exact) mass is 399 g/mol. The van der Waals surface area contributed by atoms with Crippen molar-refractivity contribution in [1.29, 1.82) is 0 Å². The minimum Gasteiger partial charge on any atom is -0.368 e. The van der Waals surface area contributed by atoms with Crippen molar-refractivity contribution in [2.24, 2.45) is 0 Å². The van der Waals surface area contributed by atoms with Crippen molar-refractivity contribution in [1.82, 2.24) is 14.9 Å². The van der Waals surface area contributed by atoms with Gasteiger partial charge in [0, 0.05) is 49.8 Å². The lowest BCUT2D eigenvalue weighted by atomic mass is 10.1. The lowest BCUT2D eigenvalue weighted by Crippen LogP contribution is -2.49. The van der Waals surface area contributed by atoms with Crippen LogP contribution in [0, 0.1) is 0 Å². The summed E-state index contributed by atoms with van der Waals surface area (Å²) in [6.45, 7) is 5.20. The van der Waals surface area contributed by atoms with Crippen molar-refractivity contribution in [3.8, 4) is 0 Å². The lowest BCUT2D eigenvalue weighted by molar-refractivity contribution is 0.0740. The van der Waals surface area contributed by atoms with E-state index in [4.69, 9.17) is 0 Å². The number of hydrogen-bond acceptors (Lipinski definition) is 5. The number of aromatic nitrogens is 2. The Morgan fingerprint density at radius 1 is 0.933 bits per heavy atom.